The molecule has 0 aromatic heterocycles. The molecule has 0 spiro atoms. The van der Waals surface area contributed by atoms with Crippen molar-refractivity contribution in [2.24, 2.45) is 5.41 Å². The van der Waals surface area contributed by atoms with E-state index in [0.29, 0.717) is 0 Å². The summed E-state index contributed by atoms with van der Waals surface area (Å²) in [5.74, 6) is -1.30. The first kappa shape index (κ1) is 20.2. The van der Waals surface area contributed by atoms with Crippen molar-refractivity contribution in [1.82, 2.24) is 10.4 Å². The molecule has 0 aliphatic heterocycles. The van der Waals surface area contributed by atoms with Crippen LogP contribution in [0.1, 0.15) is 26.3 Å². The first-order valence-corrected chi connectivity index (χ1v) is 7.72. The Hall–Kier alpha value is -1.86. The number of hydroxylamine groups is 2. The summed E-state index contributed by atoms with van der Waals surface area (Å²) < 4.78 is 14.0. The van der Waals surface area contributed by atoms with Gasteiger partial charge in [0.05, 0.1) is 11.6 Å². The molecular weight excluding hydrogens is 339 g/mol. The van der Waals surface area contributed by atoms with Gasteiger partial charge in [0.1, 0.15) is 11.9 Å². The summed E-state index contributed by atoms with van der Waals surface area (Å²) >= 11 is 5.71. The summed E-state index contributed by atoms with van der Waals surface area (Å²) in [5.41, 5.74) is -0.0395. The fraction of sp³-hybridized carbons (Fsp3) is 0.500. The first-order valence-electron chi connectivity index (χ1n) is 7.34. The minimum absolute atomic E-state index is 0.0913. The Bertz CT molecular complexity index is 604. The van der Waals surface area contributed by atoms with Crippen LogP contribution in [0.2, 0.25) is 5.02 Å². The molecule has 1 aromatic carbocycles. The van der Waals surface area contributed by atoms with Crippen molar-refractivity contribution in [3.8, 4) is 0 Å². The average Bonchev–Trinajstić information content (AvgIpc) is 2.46. The van der Waals surface area contributed by atoms with Crippen LogP contribution in [-0.4, -0.2) is 41.9 Å². The predicted octanol–water partition coefficient (Wildman–Crippen LogP) is 3.09. The molecule has 0 fully saturated rings. The lowest BCUT2D eigenvalue weighted by Crippen LogP contribution is -2.48. The van der Waals surface area contributed by atoms with Gasteiger partial charge in [0.15, 0.2) is 0 Å². The maximum atomic E-state index is 14.0. The zero-order chi connectivity index (χ0) is 18.5. The van der Waals surface area contributed by atoms with E-state index in [9.17, 15) is 14.0 Å². The van der Waals surface area contributed by atoms with Crippen molar-refractivity contribution in [3.63, 3.8) is 0 Å². The number of hydrogen-bond donors (Lipinski definition) is 2. The summed E-state index contributed by atoms with van der Waals surface area (Å²) in [6.45, 7) is 6.06. The molecule has 0 radical (unpaired) electrons. The van der Waals surface area contributed by atoms with Crippen LogP contribution in [0.3, 0.4) is 0 Å². The van der Waals surface area contributed by atoms with Gasteiger partial charge in [-0.15, -0.1) is 0 Å². The number of amides is 2. The van der Waals surface area contributed by atoms with E-state index in [1.54, 1.807) is 0 Å². The van der Waals surface area contributed by atoms with Gasteiger partial charge in [-0.3, -0.25) is 9.63 Å². The van der Waals surface area contributed by atoms with E-state index in [4.69, 9.17) is 21.5 Å². The van der Waals surface area contributed by atoms with Gasteiger partial charge in [0.2, 0.25) is 0 Å². The fourth-order valence-corrected chi connectivity index (χ4v) is 2.04. The number of nitrogens with zero attached hydrogens (tertiary/aromatic N) is 1. The molecule has 0 aliphatic carbocycles. The second-order valence-corrected chi connectivity index (χ2v) is 7.00. The van der Waals surface area contributed by atoms with E-state index < -0.39 is 23.9 Å². The molecule has 0 heterocycles. The quantitative estimate of drug-likeness (QED) is 0.764. The van der Waals surface area contributed by atoms with E-state index >= 15 is 0 Å². The Morgan fingerprint density at radius 1 is 1.42 bits per heavy atom. The Labute approximate surface area is 145 Å². The Morgan fingerprint density at radius 3 is 2.58 bits per heavy atom. The summed E-state index contributed by atoms with van der Waals surface area (Å²) in [5, 5.41) is 11.9. The lowest BCUT2D eigenvalue weighted by atomic mass is 9.99. The molecule has 1 unspecified atom stereocenters. The molecule has 0 bridgehead atoms. The number of carbonyl (C=O) groups excluding carboxylic acids is 1. The van der Waals surface area contributed by atoms with Crippen LogP contribution in [0, 0.1) is 11.2 Å². The van der Waals surface area contributed by atoms with Crippen LogP contribution in [0.25, 0.3) is 0 Å². The Morgan fingerprint density at radius 2 is 2.04 bits per heavy atom. The van der Waals surface area contributed by atoms with Gasteiger partial charge in [0, 0.05) is 13.5 Å². The largest absolute Gasteiger partial charge is 0.465 e. The maximum absolute atomic E-state index is 14.0. The SMILES string of the molecule is CN(OCC(C)(C)C)C(=O)C(Cc1cccc(Cl)c1F)NC(=O)O. The molecule has 6 nitrogen and oxygen atoms in total. The Kier molecular flexibility index (Phi) is 6.98. The lowest BCUT2D eigenvalue weighted by molar-refractivity contribution is -0.188. The highest BCUT2D eigenvalue weighted by atomic mass is 35.5. The van der Waals surface area contributed by atoms with Crippen LogP contribution in [-0.2, 0) is 16.1 Å². The topological polar surface area (TPSA) is 78.9 Å². The number of benzene rings is 1. The van der Waals surface area contributed by atoms with Gasteiger partial charge in [0.25, 0.3) is 5.91 Å². The average molecular weight is 361 g/mol. The zero-order valence-electron chi connectivity index (χ0n) is 14.1. The summed E-state index contributed by atoms with van der Waals surface area (Å²) in [6.07, 6.45) is -1.57. The predicted molar refractivity (Wildman–Crippen MR) is 88.2 cm³/mol. The third kappa shape index (κ3) is 6.33. The molecule has 1 rings (SSSR count). The minimum atomic E-state index is -1.39. The van der Waals surface area contributed by atoms with Gasteiger partial charge in [-0.05, 0) is 17.0 Å². The third-order valence-electron chi connectivity index (χ3n) is 3.05. The van der Waals surface area contributed by atoms with Crippen molar-refractivity contribution < 1.29 is 23.9 Å². The van der Waals surface area contributed by atoms with Crippen LogP contribution >= 0.6 is 11.6 Å². The Balaban J connectivity index is 2.89. The maximum Gasteiger partial charge on any atom is 0.405 e. The molecule has 134 valence electrons. The number of rotatable bonds is 6. The smallest absolute Gasteiger partial charge is 0.405 e. The molecule has 0 aliphatic rings. The highest BCUT2D eigenvalue weighted by Crippen LogP contribution is 2.20. The first-order chi connectivity index (χ1) is 11.0. The van der Waals surface area contributed by atoms with E-state index in [1.165, 1.54) is 25.2 Å². The van der Waals surface area contributed by atoms with Gasteiger partial charge in [-0.25, -0.2) is 14.2 Å². The summed E-state index contributed by atoms with van der Waals surface area (Å²) in [4.78, 5) is 28.7. The fourth-order valence-electron chi connectivity index (χ4n) is 1.85. The number of carbonyl (C=O) groups is 2. The number of nitrogens with one attached hydrogen (secondary N) is 1. The second-order valence-electron chi connectivity index (χ2n) is 6.59. The van der Waals surface area contributed by atoms with Crippen molar-refractivity contribution in [2.45, 2.75) is 33.2 Å². The molecule has 2 N–H and O–H groups in total. The normalized spacial score (nSPS) is 12.6. The molecule has 1 aromatic rings. The monoisotopic (exact) mass is 360 g/mol. The van der Waals surface area contributed by atoms with E-state index in [-0.39, 0.29) is 29.0 Å². The van der Waals surface area contributed by atoms with E-state index in [1.807, 2.05) is 20.8 Å². The van der Waals surface area contributed by atoms with Crippen molar-refractivity contribution in [1.29, 1.82) is 0 Å². The molecule has 0 saturated heterocycles. The number of halogens is 2. The minimum Gasteiger partial charge on any atom is -0.465 e. The lowest BCUT2D eigenvalue weighted by Gasteiger charge is -2.26. The summed E-state index contributed by atoms with van der Waals surface area (Å²) in [6, 6.07) is 3.16. The van der Waals surface area contributed by atoms with E-state index in [0.717, 1.165) is 5.06 Å². The molecule has 8 heteroatoms. The van der Waals surface area contributed by atoms with Crippen LogP contribution in [0.5, 0.6) is 0 Å². The van der Waals surface area contributed by atoms with E-state index in [2.05, 4.69) is 5.32 Å². The molecule has 24 heavy (non-hydrogen) atoms. The van der Waals surface area contributed by atoms with Crippen molar-refractivity contribution in [3.05, 3.63) is 34.6 Å². The standard InChI is InChI=1S/C16H22ClFN2O4/c1-16(2,3)9-24-20(4)14(21)12(19-15(22)23)8-10-6-5-7-11(17)13(10)18/h5-7,12,19H,8-9H2,1-4H3,(H,22,23). The third-order valence-corrected chi connectivity index (χ3v) is 3.34. The zero-order valence-corrected chi connectivity index (χ0v) is 14.9. The molecule has 0 saturated carbocycles. The van der Waals surface area contributed by atoms with Crippen LogP contribution < -0.4 is 5.32 Å². The van der Waals surface area contributed by atoms with Crippen molar-refractivity contribution >= 4 is 23.6 Å². The van der Waals surface area contributed by atoms with Gasteiger partial charge >= 0.3 is 6.09 Å². The molecular formula is C16H22ClFN2O4. The number of hydrogen-bond acceptors (Lipinski definition) is 3. The molecule has 2 amide bonds. The summed E-state index contributed by atoms with van der Waals surface area (Å²) in [7, 11) is 1.39. The highest BCUT2D eigenvalue weighted by molar-refractivity contribution is 6.30. The second kappa shape index (κ2) is 8.30. The van der Waals surface area contributed by atoms with Crippen molar-refractivity contribution in [2.75, 3.05) is 13.7 Å². The number of carboxylic acid groups (broad SMARTS) is 1. The van der Waals surface area contributed by atoms with Gasteiger partial charge in [-0.1, -0.05) is 44.5 Å². The van der Waals surface area contributed by atoms with Crippen LogP contribution in [0.4, 0.5) is 9.18 Å². The molecule has 1 atom stereocenters. The number of likely N-dealkylation sites (N-methyl/N-ethyl adjacent to an activating group) is 1. The van der Waals surface area contributed by atoms with Gasteiger partial charge in [-0.2, -0.15) is 0 Å². The highest BCUT2D eigenvalue weighted by Gasteiger charge is 2.27. The van der Waals surface area contributed by atoms with Gasteiger partial charge < -0.3 is 10.4 Å². The van der Waals surface area contributed by atoms with Crippen LogP contribution in [0.15, 0.2) is 18.2 Å².